The van der Waals surface area contributed by atoms with Gasteiger partial charge in [-0.2, -0.15) is 0 Å². The molecule has 0 amide bonds. The minimum Gasteiger partial charge on any atom is -0.496 e. The van der Waals surface area contributed by atoms with Gasteiger partial charge in [0.15, 0.2) is 0 Å². The second-order valence-electron chi connectivity index (χ2n) is 3.87. The first-order valence-electron chi connectivity index (χ1n) is 5.17. The van der Waals surface area contributed by atoms with E-state index in [1.807, 2.05) is 0 Å². The Kier molecular flexibility index (Phi) is 3.20. The quantitative estimate of drug-likeness (QED) is 0.697. The number of methoxy groups -OCH3 is 1. The van der Waals surface area contributed by atoms with Crippen LogP contribution in [-0.4, -0.2) is 7.11 Å². The maximum Gasteiger partial charge on any atom is 0.125 e. The number of benzene rings is 1. The lowest BCUT2D eigenvalue weighted by molar-refractivity contribution is 0.407. The summed E-state index contributed by atoms with van der Waals surface area (Å²) in [4.78, 5) is 0. The van der Waals surface area contributed by atoms with Crippen molar-refractivity contribution in [1.82, 2.24) is 0 Å². The van der Waals surface area contributed by atoms with Crippen LogP contribution in [0.2, 0.25) is 0 Å². The molecule has 1 heteroatoms. The standard InChI is InChI=1S/C13H20O/c1-7-12-8(2)10(4)13(14-6)11(5)9(12)3/h7H2,1-6H3. The minimum absolute atomic E-state index is 1.05. The Morgan fingerprint density at radius 2 is 1.29 bits per heavy atom. The van der Waals surface area contributed by atoms with Gasteiger partial charge in [0.05, 0.1) is 7.11 Å². The highest BCUT2D eigenvalue weighted by Gasteiger charge is 2.13. The van der Waals surface area contributed by atoms with Crippen LogP contribution in [0, 0.1) is 27.7 Å². The molecule has 0 radical (unpaired) electrons. The molecule has 14 heavy (non-hydrogen) atoms. The molecule has 0 saturated heterocycles. The summed E-state index contributed by atoms with van der Waals surface area (Å²) in [5.74, 6) is 1.05. The zero-order valence-electron chi connectivity index (χ0n) is 10.1. The van der Waals surface area contributed by atoms with E-state index in [9.17, 15) is 0 Å². The van der Waals surface area contributed by atoms with Gasteiger partial charge >= 0.3 is 0 Å². The van der Waals surface area contributed by atoms with Crippen LogP contribution in [0.25, 0.3) is 0 Å². The molecule has 0 atom stereocenters. The second kappa shape index (κ2) is 4.04. The predicted octanol–water partition coefficient (Wildman–Crippen LogP) is 3.49. The Morgan fingerprint density at radius 1 is 0.857 bits per heavy atom. The third-order valence-corrected chi connectivity index (χ3v) is 3.27. The van der Waals surface area contributed by atoms with E-state index in [0.29, 0.717) is 0 Å². The molecular weight excluding hydrogens is 172 g/mol. The molecule has 0 aliphatic heterocycles. The summed E-state index contributed by atoms with van der Waals surface area (Å²) in [6.45, 7) is 10.9. The molecule has 0 saturated carbocycles. The van der Waals surface area contributed by atoms with Crippen molar-refractivity contribution in [2.45, 2.75) is 41.0 Å². The minimum atomic E-state index is 1.05. The number of ether oxygens (including phenoxy) is 1. The van der Waals surface area contributed by atoms with Crippen LogP contribution in [0.1, 0.15) is 34.7 Å². The van der Waals surface area contributed by atoms with Crippen LogP contribution in [0.5, 0.6) is 5.75 Å². The van der Waals surface area contributed by atoms with Crippen LogP contribution in [0.15, 0.2) is 0 Å². The molecule has 0 aliphatic rings. The molecule has 0 fully saturated rings. The molecule has 0 N–H and O–H groups in total. The number of hydrogen-bond donors (Lipinski definition) is 0. The second-order valence-corrected chi connectivity index (χ2v) is 3.87. The van der Waals surface area contributed by atoms with Crippen molar-refractivity contribution in [2.75, 3.05) is 7.11 Å². The average Bonchev–Trinajstić information content (AvgIpc) is 2.17. The van der Waals surface area contributed by atoms with Gasteiger partial charge in [-0.15, -0.1) is 0 Å². The largest absolute Gasteiger partial charge is 0.496 e. The van der Waals surface area contributed by atoms with Crippen LogP contribution < -0.4 is 4.74 Å². The van der Waals surface area contributed by atoms with E-state index in [1.165, 1.54) is 27.8 Å². The third-order valence-electron chi connectivity index (χ3n) is 3.27. The van der Waals surface area contributed by atoms with Crippen molar-refractivity contribution < 1.29 is 4.74 Å². The molecule has 1 aromatic rings. The fourth-order valence-corrected chi connectivity index (χ4v) is 2.19. The van der Waals surface area contributed by atoms with Crippen molar-refractivity contribution in [3.05, 3.63) is 27.8 Å². The molecule has 1 aromatic carbocycles. The number of hydrogen-bond acceptors (Lipinski definition) is 1. The molecule has 0 aromatic heterocycles. The van der Waals surface area contributed by atoms with Gasteiger partial charge in [0.1, 0.15) is 5.75 Å². The maximum absolute atomic E-state index is 5.44. The summed E-state index contributed by atoms with van der Waals surface area (Å²) in [5.41, 5.74) is 6.81. The van der Waals surface area contributed by atoms with Crippen LogP contribution in [0.3, 0.4) is 0 Å². The topological polar surface area (TPSA) is 9.23 Å². The van der Waals surface area contributed by atoms with E-state index in [4.69, 9.17) is 4.74 Å². The molecule has 78 valence electrons. The van der Waals surface area contributed by atoms with Gasteiger partial charge in [0.25, 0.3) is 0 Å². The first kappa shape index (κ1) is 11.1. The maximum atomic E-state index is 5.44. The smallest absolute Gasteiger partial charge is 0.125 e. The summed E-state index contributed by atoms with van der Waals surface area (Å²) in [6.07, 6.45) is 1.10. The molecule has 1 nitrogen and oxygen atoms in total. The highest BCUT2D eigenvalue weighted by atomic mass is 16.5. The third kappa shape index (κ3) is 1.52. The highest BCUT2D eigenvalue weighted by Crippen LogP contribution is 2.32. The molecule has 0 heterocycles. The van der Waals surface area contributed by atoms with Gasteiger partial charge in [-0.1, -0.05) is 6.92 Å². The predicted molar refractivity (Wildman–Crippen MR) is 61.3 cm³/mol. The van der Waals surface area contributed by atoms with E-state index in [1.54, 1.807) is 7.11 Å². The van der Waals surface area contributed by atoms with Gasteiger partial charge in [-0.3, -0.25) is 0 Å². The van der Waals surface area contributed by atoms with E-state index >= 15 is 0 Å². The SMILES string of the molecule is CCc1c(C)c(C)c(OC)c(C)c1C. The van der Waals surface area contributed by atoms with Crippen LogP contribution in [-0.2, 0) is 6.42 Å². The Balaban J connectivity index is 3.55. The monoisotopic (exact) mass is 192 g/mol. The Bertz CT molecular complexity index is 287. The Hall–Kier alpha value is -0.980. The summed E-state index contributed by atoms with van der Waals surface area (Å²) in [5, 5.41) is 0. The van der Waals surface area contributed by atoms with E-state index < -0.39 is 0 Å². The fraction of sp³-hybridized carbons (Fsp3) is 0.538. The molecule has 0 unspecified atom stereocenters. The van der Waals surface area contributed by atoms with Gasteiger partial charge in [-0.25, -0.2) is 0 Å². The van der Waals surface area contributed by atoms with Gasteiger partial charge in [0, 0.05) is 0 Å². The molecule has 0 spiro atoms. The lowest BCUT2D eigenvalue weighted by Gasteiger charge is -2.18. The van der Waals surface area contributed by atoms with Crippen molar-refractivity contribution >= 4 is 0 Å². The highest BCUT2D eigenvalue weighted by molar-refractivity contribution is 5.53. The van der Waals surface area contributed by atoms with E-state index in [2.05, 4.69) is 34.6 Å². The normalized spacial score (nSPS) is 10.4. The summed E-state index contributed by atoms with van der Waals surface area (Å²) >= 11 is 0. The average molecular weight is 192 g/mol. The van der Waals surface area contributed by atoms with E-state index in [-0.39, 0.29) is 0 Å². The Labute approximate surface area is 87.1 Å². The molecule has 0 bridgehead atoms. The van der Waals surface area contributed by atoms with Crippen molar-refractivity contribution in [3.8, 4) is 5.75 Å². The lowest BCUT2D eigenvalue weighted by atomic mass is 9.91. The first-order chi connectivity index (χ1) is 6.54. The van der Waals surface area contributed by atoms with Crippen molar-refractivity contribution in [3.63, 3.8) is 0 Å². The summed E-state index contributed by atoms with van der Waals surface area (Å²) in [6, 6.07) is 0. The number of rotatable bonds is 2. The first-order valence-corrected chi connectivity index (χ1v) is 5.17. The zero-order chi connectivity index (χ0) is 10.9. The molecular formula is C13H20O. The van der Waals surface area contributed by atoms with Gasteiger partial charge in [0.2, 0.25) is 0 Å². The molecule has 0 aliphatic carbocycles. The zero-order valence-corrected chi connectivity index (χ0v) is 10.1. The van der Waals surface area contributed by atoms with Crippen molar-refractivity contribution in [2.24, 2.45) is 0 Å². The van der Waals surface area contributed by atoms with Crippen molar-refractivity contribution in [1.29, 1.82) is 0 Å². The van der Waals surface area contributed by atoms with Gasteiger partial charge < -0.3 is 4.74 Å². The summed E-state index contributed by atoms with van der Waals surface area (Å²) in [7, 11) is 1.75. The summed E-state index contributed by atoms with van der Waals surface area (Å²) < 4.78 is 5.44. The Morgan fingerprint density at radius 3 is 1.57 bits per heavy atom. The van der Waals surface area contributed by atoms with Crippen LogP contribution >= 0.6 is 0 Å². The lowest BCUT2D eigenvalue weighted by Crippen LogP contribution is -2.02. The van der Waals surface area contributed by atoms with E-state index in [0.717, 1.165) is 12.2 Å². The van der Waals surface area contributed by atoms with Crippen LogP contribution in [0.4, 0.5) is 0 Å². The fourth-order valence-electron chi connectivity index (χ4n) is 2.19. The molecule has 1 rings (SSSR count). The van der Waals surface area contributed by atoms with Gasteiger partial charge in [-0.05, 0) is 61.9 Å².